The van der Waals surface area contributed by atoms with Crippen LogP contribution in [0.2, 0.25) is 0 Å². The van der Waals surface area contributed by atoms with Crippen LogP contribution < -0.4 is 9.64 Å². The summed E-state index contributed by atoms with van der Waals surface area (Å²) in [6, 6.07) is 31.9. The minimum absolute atomic E-state index is 0.429. The monoisotopic (exact) mass is 505 g/mol. The maximum absolute atomic E-state index is 12.1. The Morgan fingerprint density at radius 2 is 1.32 bits per heavy atom. The van der Waals surface area contributed by atoms with Gasteiger partial charge in [-0.3, -0.25) is 9.59 Å². The fourth-order valence-corrected chi connectivity index (χ4v) is 4.67. The van der Waals surface area contributed by atoms with Crippen LogP contribution in [0.25, 0.3) is 11.1 Å². The zero-order valence-corrected chi connectivity index (χ0v) is 22.2. The van der Waals surface area contributed by atoms with Gasteiger partial charge in [0.1, 0.15) is 5.75 Å². The summed E-state index contributed by atoms with van der Waals surface area (Å²) in [5.41, 5.74) is 5.62. The molecule has 4 rings (SSSR count). The minimum Gasteiger partial charge on any atom is -0.493 e. The van der Waals surface area contributed by atoms with Crippen LogP contribution in [0.3, 0.4) is 0 Å². The van der Waals surface area contributed by atoms with Gasteiger partial charge in [-0.05, 0) is 72.0 Å². The number of aldehydes is 2. The van der Waals surface area contributed by atoms with E-state index in [4.69, 9.17) is 4.74 Å². The largest absolute Gasteiger partial charge is 0.493 e. The molecule has 4 nitrogen and oxygen atoms in total. The maximum Gasteiger partial charge on any atom is 0.153 e. The predicted molar refractivity (Wildman–Crippen MR) is 156 cm³/mol. The molecular formula is C34H35NO3. The summed E-state index contributed by atoms with van der Waals surface area (Å²) in [6.45, 7) is 4.88. The molecule has 0 aromatic heterocycles. The van der Waals surface area contributed by atoms with Crippen LogP contribution in [0.1, 0.15) is 60.2 Å². The van der Waals surface area contributed by atoms with Gasteiger partial charge in [0.25, 0.3) is 0 Å². The molecule has 1 atom stereocenters. The lowest BCUT2D eigenvalue weighted by Gasteiger charge is -2.25. The molecule has 4 aromatic carbocycles. The average Bonchev–Trinajstić information content (AvgIpc) is 2.98. The molecule has 0 bridgehead atoms. The molecule has 194 valence electrons. The maximum atomic E-state index is 12.1. The molecule has 0 saturated carbocycles. The first-order chi connectivity index (χ1) is 18.7. The number of benzene rings is 4. The van der Waals surface area contributed by atoms with Crippen molar-refractivity contribution in [2.24, 2.45) is 5.92 Å². The molecule has 0 saturated heterocycles. The zero-order valence-electron chi connectivity index (χ0n) is 22.2. The summed E-state index contributed by atoms with van der Waals surface area (Å²) in [5.74, 6) is 0.898. The van der Waals surface area contributed by atoms with Crippen LogP contribution in [-0.2, 0) is 0 Å². The van der Waals surface area contributed by atoms with Crippen LogP contribution in [0.15, 0.2) is 97.1 Å². The first-order valence-corrected chi connectivity index (χ1v) is 13.4. The standard InChI is InChI=1S/C34H35NO3/c1-3-5-12-26(4-2)25-38-34-22-28(23-36)33(21-29(34)24-37)27-17-19-32(20-18-27)35(30-13-8-6-9-14-30)31-15-10-7-11-16-31/h6-11,13-24,26H,3-5,12,25H2,1-2H3. The molecule has 0 aliphatic heterocycles. The topological polar surface area (TPSA) is 46.6 Å². The van der Waals surface area contributed by atoms with Crippen molar-refractivity contribution >= 4 is 29.6 Å². The van der Waals surface area contributed by atoms with Gasteiger partial charge in [-0.25, -0.2) is 0 Å². The van der Waals surface area contributed by atoms with E-state index < -0.39 is 0 Å². The van der Waals surface area contributed by atoms with E-state index in [2.05, 4.69) is 43.0 Å². The van der Waals surface area contributed by atoms with Gasteiger partial charge in [0.2, 0.25) is 0 Å². The van der Waals surface area contributed by atoms with Gasteiger partial charge in [-0.1, -0.05) is 81.6 Å². The number of para-hydroxylation sites is 2. The molecule has 0 amide bonds. The number of carbonyl (C=O) groups is 2. The van der Waals surface area contributed by atoms with Crippen LogP contribution in [0.4, 0.5) is 17.1 Å². The van der Waals surface area contributed by atoms with E-state index in [-0.39, 0.29) is 0 Å². The molecule has 0 aliphatic carbocycles. The summed E-state index contributed by atoms with van der Waals surface area (Å²) in [5, 5.41) is 0. The summed E-state index contributed by atoms with van der Waals surface area (Å²) >= 11 is 0. The number of anilines is 3. The SMILES string of the molecule is CCCCC(CC)COc1cc(C=O)c(-c2ccc(N(c3ccccc3)c3ccccc3)cc2)cc1C=O. The second-order valence-electron chi connectivity index (χ2n) is 9.49. The Hall–Kier alpha value is -4.18. The van der Waals surface area contributed by atoms with Crippen molar-refractivity contribution in [3.63, 3.8) is 0 Å². The third-order valence-electron chi connectivity index (χ3n) is 6.92. The normalized spacial score (nSPS) is 11.5. The van der Waals surface area contributed by atoms with Crippen molar-refractivity contribution in [2.45, 2.75) is 39.5 Å². The number of hydrogen-bond acceptors (Lipinski definition) is 4. The van der Waals surface area contributed by atoms with Gasteiger partial charge in [-0.2, -0.15) is 0 Å². The molecule has 0 heterocycles. The molecule has 0 aliphatic rings. The van der Waals surface area contributed by atoms with Crippen molar-refractivity contribution in [2.75, 3.05) is 11.5 Å². The van der Waals surface area contributed by atoms with Crippen molar-refractivity contribution in [1.82, 2.24) is 0 Å². The van der Waals surface area contributed by atoms with E-state index in [1.165, 1.54) is 0 Å². The highest BCUT2D eigenvalue weighted by atomic mass is 16.5. The Bertz CT molecular complexity index is 1280. The quantitative estimate of drug-likeness (QED) is 0.170. The summed E-state index contributed by atoms with van der Waals surface area (Å²) in [4.78, 5) is 26.2. The van der Waals surface area contributed by atoms with Crippen molar-refractivity contribution < 1.29 is 14.3 Å². The number of ether oxygens (including phenoxy) is 1. The van der Waals surface area contributed by atoms with Crippen LogP contribution in [0.5, 0.6) is 5.75 Å². The van der Waals surface area contributed by atoms with Crippen LogP contribution in [-0.4, -0.2) is 19.2 Å². The first kappa shape index (κ1) is 26.9. The second kappa shape index (κ2) is 13.4. The highest BCUT2D eigenvalue weighted by molar-refractivity contribution is 5.93. The number of carbonyl (C=O) groups excluding carboxylic acids is 2. The molecule has 0 radical (unpaired) electrons. The van der Waals surface area contributed by atoms with Gasteiger partial charge in [0.15, 0.2) is 12.6 Å². The first-order valence-electron chi connectivity index (χ1n) is 13.4. The highest BCUT2D eigenvalue weighted by Crippen LogP contribution is 2.36. The highest BCUT2D eigenvalue weighted by Gasteiger charge is 2.16. The molecule has 0 spiro atoms. The van der Waals surface area contributed by atoms with Crippen LogP contribution >= 0.6 is 0 Å². The smallest absolute Gasteiger partial charge is 0.153 e. The summed E-state index contributed by atoms with van der Waals surface area (Å²) in [7, 11) is 0. The minimum atomic E-state index is 0.429. The molecule has 4 heteroatoms. The van der Waals surface area contributed by atoms with Gasteiger partial charge in [0, 0.05) is 22.6 Å². The molecule has 0 N–H and O–H groups in total. The van der Waals surface area contributed by atoms with Crippen molar-refractivity contribution in [1.29, 1.82) is 0 Å². The van der Waals surface area contributed by atoms with Crippen LogP contribution in [0, 0.1) is 5.92 Å². The van der Waals surface area contributed by atoms with Gasteiger partial charge in [0.05, 0.1) is 12.2 Å². The Balaban J connectivity index is 1.64. The lowest BCUT2D eigenvalue weighted by atomic mass is 9.96. The summed E-state index contributed by atoms with van der Waals surface area (Å²) < 4.78 is 6.06. The Morgan fingerprint density at radius 3 is 1.84 bits per heavy atom. The van der Waals surface area contributed by atoms with Crippen molar-refractivity contribution in [3.05, 3.63) is 108 Å². The van der Waals surface area contributed by atoms with Crippen molar-refractivity contribution in [3.8, 4) is 16.9 Å². The second-order valence-corrected chi connectivity index (χ2v) is 9.49. The predicted octanol–water partition coefficient (Wildman–Crippen LogP) is 9.04. The third kappa shape index (κ3) is 6.38. The fraction of sp³-hybridized carbons (Fsp3) is 0.235. The van der Waals surface area contributed by atoms with Gasteiger partial charge < -0.3 is 9.64 Å². The van der Waals surface area contributed by atoms with E-state index >= 15 is 0 Å². The lowest BCUT2D eigenvalue weighted by Crippen LogP contribution is -2.12. The van der Waals surface area contributed by atoms with E-state index in [9.17, 15) is 9.59 Å². The lowest BCUT2D eigenvalue weighted by molar-refractivity contribution is 0.110. The Labute approximate surface area is 225 Å². The van der Waals surface area contributed by atoms with E-state index in [0.29, 0.717) is 35.0 Å². The molecular weight excluding hydrogens is 470 g/mol. The number of nitrogens with zero attached hydrogens (tertiary/aromatic N) is 1. The molecule has 0 fully saturated rings. The summed E-state index contributed by atoms with van der Waals surface area (Å²) in [6.07, 6.45) is 6.05. The molecule has 1 unspecified atom stereocenters. The average molecular weight is 506 g/mol. The van der Waals surface area contributed by atoms with Gasteiger partial charge in [-0.15, -0.1) is 0 Å². The fourth-order valence-electron chi connectivity index (χ4n) is 4.67. The third-order valence-corrected chi connectivity index (χ3v) is 6.92. The van der Waals surface area contributed by atoms with Gasteiger partial charge >= 0.3 is 0 Å². The zero-order chi connectivity index (χ0) is 26.7. The number of unbranched alkanes of at least 4 members (excludes halogenated alkanes) is 1. The number of hydrogen-bond donors (Lipinski definition) is 0. The van der Waals surface area contributed by atoms with E-state index in [0.717, 1.165) is 60.9 Å². The van der Waals surface area contributed by atoms with E-state index in [1.807, 2.05) is 60.7 Å². The molecule has 4 aromatic rings. The Kier molecular flexibility index (Phi) is 9.47. The number of rotatable bonds is 13. The van der Waals surface area contributed by atoms with E-state index in [1.54, 1.807) is 12.1 Å². The Morgan fingerprint density at radius 1 is 0.737 bits per heavy atom. The molecule has 38 heavy (non-hydrogen) atoms.